The van der Waals surface area contributed by atoms with E-state index in [4.69, 9.17) is 0 Å². The number of nitrogens with zero attached hydrogens (tertiary/aromatic N) is 2. The number of fused-ring (bicyclic) bond motifs is 3. The van der Waals surface area contributed by atoms with Crippen LogP contribution in [0.25, 0.3) is 21.8 Å². The highest BCUT2D eigenvalue weighted by Gasteiger charge is 2.16. The van der Waals surface area contributed by atoms with Gasteiger partial charge in [0, 0.05) is 41.4 Å². The molecule has 1 fully saturated rings. The Morgan fingerprint density at radius 1 is 0.792 bits per heavy atom. The van der Waals surface area contributed by atoms with Gasteiger partial charge in [-0.25, -0.2) is 0 Å². The van der Waals surface area contributed by atoms with E-state index in [1.807, 2.05) is 0 Å². The van der Waals surface area contributed by atoms with E-state index in [1.54, 1.807) is 0 Å². The number of aromatic nitrogens is 1. The topological polar surface area (TPSA) is 28.4 Å². The lowest BCUT2D eigenvalue weighted by Crippen LogP contribution is -2.36. The first-order valence-corrected chi connectivity index (χ1v) is 9.19. The Morgan fingerprint density at radius 2 is 1.33 bits per heavy atom. The van der Waals surface area contributed by atoms with Crippen molar-refractivity contribution in [3.8, 4) is 0 Å². The molecule has 1 saturated heterocycles. The van der Waals surface area contributed by atoms with Crippen LogP contribution in [0.5, 0.6) is 0 Å². The third-order valence-corrected chi connectivity index (χ3v) is 5.34. The number of unbranched alkanes of at least 4 members (excludes halogenated alkanes) is 1. The van der Waals surface area contributed by atoms with Crippen molar-refractivity contribution in [2.24, 2.45) is 0 Å². The molecule has 24 heavy (non-hydrogen) atoms. The van der Waals surface area contributed by atoms with E-state index < -0.39 is 0 Å². The predicted octanol–water partition coefficient (Wildman–Crippen LogP) is 4.03. The molecule has 0 amide bonds. The van der Waals surface area contributed by atoms with Gasteiger partial charge >= 0.3 is 0 Å². The standard InChI is InChI=1S/C21H26N2O/c24-17-11-15-22(16-12-17)13-5-6-14-23-20-9-3-1-7-18(20)19-8-2-4-10-21(19)23/h1-4,7-10,17,24H,5-6,11-16H2. The van der Waals surface area contributed by atoms with Crippen LogP contribution >= 0.6 is 0 Å². The summed E-state index contributed by atoms with van der Waals surface area (Å²) in [5.41, 5.74) is 2.69. The molecule has 0 unspecified atom stereocenters. The summed E-state index contributed by atoms with van der Waals surface area (Å²) in [4.78, 5) is 2.50. The molecule has 3 aromatic rings. The second-order valence-electron chi connectivity index (χ2n) is 6.97. The minimum absolute atomic E-state index is 0.0705. The predicted molar refractivity (Wildman–Crippen MR) is 100 cm³/mol. The maximum atomic E-state index is 9.59. The number of hydrogen-bond acceptors (Lipinski definition) is 2. The van der Waals surface area contributed by atoms with Crippen molar-refractivity contribution in [3.05, 3.63) is 48.5 Å². The molecule has 0 spiro atoms. The number of hydrogen-bond donors (Lipinski definition) is 1. The molecular formula is C21H26N2O. The van der Waals surface area contributed by atoms with E-state index in [0.717, 1.165) is 39.0 Å². The van der Waals surface area contributed by atoms with Gasteiger partial charge in [0.2, 0.25) is 0 Å². The Morgan fingerprint density at radius 3 is 1.96 bits per heavy atom. The molecule has 1 aromatic heterocycles. The molecule has 0 saturated carbocycles. The fraction of sp³-hybridized carbons (Fsp3) is 0.429. The van der Waals surface area contributed by atoms with Crippen molar-refractivity contribution in [2.45, 2.75) is 38.3 Å². The quantitative estimate of drug-likeness (QED) is 0.718. The molecule has 0 atom stereocenters. The molecule has 1 N–H and O–H groups in total. The molecule has 1 aliphatic heterocycles. The van der Waals surface area contributed by atoms with E-state index in [1.165, 1.54) is 34.6 Å². The van der Waals surface area contributed by atoms with E-state index in [2.05, 4.69) is 58.0 Å². The molecule has 2 aromatic carbocycles. The molecule has 3 heteroatoms. The summed E-state index contributed by atoms with van der Waals surface area (Å²) in [5, 5.41) is 12.3. The summed E-state index contributed by atoms with van der Waals surface area (Å²) in [6.45, 7) is 4.33. The Hall–Kier alpha value is -1.84. The number of rotatable bonds is 5. The maximum Gasteiger partial charge on any atom is 0.0564 e. The summed E-state index contributed by atoms with van der Waals surface area (Å²) < 4.78 is 2.48. The van der Waals surface area contributed by atoms with Gasteiger partial charge in [-0.15, -0.1) is 0 Å². The van der Waals surface area contributed by atoms with Gasteiger partial charge < -0.3 is 14.6 Å². The van der Waals surface area contributed by atoms with E-state index in [9.17, 15) is 5.11 Å². The first-order chi connectivity index (χ1) is 11.8. The van der Waals surface area contributed by atoms with Crippen LogP contribution in [0.3, 0.4) is 0 Å². The SMILES string of the molecule is OC1CCN(CCCCn2c3ccccc3c3ccccc32)CC1. The maximum absolute atomic E-state index is 9.59. The van der Waals surface area contributed by atoms with Crippen LogP contribution in [-0.4, -0.2) is 40.3 Å². The van der Waals surface area contributed by atoms with Gasteiger partial charge in [-0.05, 0) is 44.4 Å². The number of piperidine rings is 1. The summed E-state index contributed by atoms with van der Waals surface area (Å²) in [7, 11) is 0. The number of aryl methyl sites for hydroxylation is 1. The van der Waals surface area contributed by atoms with E-state index in [0.29, 0.717) is 0 Å². The number of benzene rings is 2. The molecule has 0 radical (unpaired) electrons. The molecular weight excluding hydrogens is 296 g/mol. The summed E-state index contributed by atoms with van der Waals surface area (Å²) in [6.07, 6.45) is 4.22. The molecule has 3 nitrogen and oxygen atoms in total. The number of likely N-dealkylation sites (tertiary alicyclic amines) is 1. The van der Waals surface area contributed by atoms with Crippen LogP contribution in [0, 0.1) is 0 Å². The smallest absolute Gasteiger partial charge is 0.0564 e. The van der Waals surface area contributed by atoms with Crippen LogP contribution in [0.4, 0.5) is 0 Å². The molecule has 2 heterocycles. The van der Waals surface area contributed by atoms with Gasteiger partial charge in [0.25, 0.3) is 0 Å². The van der Waals surface area contributed by atoms with Crippen molar-refractivity contribution in [3.63, 3.8) is 0 Å². The van der Waals surface area contributed by atoms with Gasteiger partial charge in [-0.1, -0.05) is 36.4 Å². The van der Waals surface area contributed by atoms with Crippen LogP contribution in [0.15, 0.2) is 48.5 Å². The zero-order valence-electron chi connectivity index (χ0n) is 14.2. The molecule has 1 aliphatic rings. The van der Waals surface area contributed by atoms with Gasteiger partial charge in [0.15, 0.2) is 0 Å². The molecule has 4 rings (SSSR count). The Kier molecular flexibility index (Phi) is 4.54. The van der Waals surface area contributed by atoms with Crippen LogP contribution in [0.2, 0.25) is 0 Å². The lowest BCUT2D eigenvalue weighted by Gasteiger charge is -2.29. The largest absolute Gasteiger partial charge is 0.393 e. The minimum atomic E-state index is -0.0705. The zero-order valence-corrected chi connectivity index (χ0v) is 14.2. The monoisotopic (exact) mass is 322 g/mol. The average molecular weight is 322 g/mol. The van der Waals surface area contributed by atoms with Crippen molar-refractivity contribution in [1.82, 2.24) is 9.47 Å². The number of aliphatic hydroxyl groups is 1. The van der Waals surface area contributed by atoms with Crippen molar-refractivity contribution in [2.75, 3.05) is 19.6 Å². The Labute approximate surface area is 143 Å². The van der Waals surface area contributed by atoms with Gasteiger partial charge in [0.1, 0.15) is 0 Å². The first-order valence-electron chi connectivity index (χ1n) is 9.19. The zero-order chi connectivity index (χ0) is 16.4. The van der Waals surface area contributed by atoms with Crippen LogP contribution in [0.1, 0.15) is 25.7 Å². The lowest BCUT2D eigenvalue weighted by atomic mass is 10.1. The van der Waals surface area contributed by atoms with E-state index >= 15 is 0 Å². The third kappa shape index (κ3) is 3.06. The van der Waals surface area contributed by atoms with Gasteiger partial charge in [0.05, 0.1) is 6.10 Å². The average Bonchev–Trinajstić information content (AvgIpc) is 2.95. The van der Waals surface area contributed by atoms with Gasteiger partial charge in [-0.2, -0.15) is 0 Å². The summed E-state index contributed by atoms with van der Waals surface area (Å²) in [6, 6.07) is 17.5. The first kappa shape index (κ1) is 15.7. The van der Waals surface area contributed by atoms with E-state index in [-0.39, 0.29) is 6.10 Å². The summed E-state index contributed by atoms with van der Waals surface area (Å²) in [5.74, 6) is 0. The second kappa shape index (κ2) is 6.96. The van der Waals surface area contributed by atoms with Crippen molar-refractivity contribution >= 4 is 21.8 Å². The normalized spacial score (nSPS) is 17.0. The minimum Gasteiger partial charge on any atom is -0.393 e. The number of para-hydroxylation sites is 2. The van der Waals surface area contributed by atoms with Crippen molar-refractivity contribution < 1.29 is 5.11 Å². The van der Waals surface area contributed by atoms with Crippen molar-refractivity contribution in [1.29, 1.82) is 0 Å². The molecule has 0 bridgehead atoms. The van der Waals surface area contributed by atoms with Crippen LogP contribution in [-0.2, 0) is 6.54 Å². The second-order valence-corrected chi connectivity index (χ2v) is 6.97. The van der Waals surface area contributed by atoms with Gasteiger partial charge in [-0.3, -0.25) is 0 Å². The highest BCUT2D eigenvalue weighted by molar-refractivity contribution is 6.07. The summed E-state index contributed by atoms with van der Waals surface area (Å²) >= 11 is 0. The van der Waals surface area contributed by atoms with Crippen LogP contribution < -0.4 is 0 Å². The third-order valence-electron chi connectivity index (χ3n) is 5.34. The lowest BCUT2D eigenvalue weighted by molar-refractivity contribution is 0.0817. The Bertz CT molecular complexity index is 762. The fourth-order valence-corrected chi connectivity index (χ4v) is 3.99. The Balaban J connectivity index is 1.44. The number of aliphatic hydroxyl groups excluding tert-OH is 1. The molecule has 0 aliphatic carbocycles. The highest BCUT2D eigenvalue weighted by Crippen LogP contribution is 2.29. The molecule has 126 valence electrons. The highest BCUT2D eigenvalue weighted by atomic mass is 16.3. The fourth-order valence-electron chi connectivity index (χ4n) is 3.99.